The van der Waals surface area contributed by atoms with Gasteiger partial charge in [0.2, 0.25) is 0 Å². The van der Waals surface area contributed by atoms with E-state index in [9.17, 15) is 4.79 Å². The number of anilines is 1. The summed E-state index contributed by atoms with van der Waals surface area (Å²) in [5.41, 5.74) is 10.3. The minimum atomic E-state index is -0.437. The Morgan fingerprint density at radius 2 is 1.68 bits per heavy atom. The summed E-state index contributed by atoms with van der Waals surface area (Å²) in [6, 6.07) is 8.66. The Bertz CT molecular complexity index is 764. The average molecular weight is 339 g/mol. The fraction of sp³-hybridized carbons (Fsp3) is 0.421. The molecule has 0 saturated carbocycles. The van der Waals surface area contributed by atoms with Gasteiger partial charge in [0.05, 0.1) is 11.3 Å². The zero-order chi connectivity index (χ0) is 18.0. The molecule has 1 aliphatic heterocycles. The summed E-state index contributed by atoms with van der Waals surface area (Å²) >= 11 is 0. The number of carbonyl (C=O) groups is 1. The molecule has 2 heterocycles. The summed E-state index contributed by atoms with van der Waals surface area (Å²) in [5, 5.41) is 8.44. The van der Waals surface area contributed by atoms with Crippen LogP contribution in [0, 0.1) is 20.8 Å². The standard InChI is InChI=1S/C19H25N5O/c1-13-4-6-16(7-5-13)12-23-8-10-24(11-9-23)19-17(18(20)25)14(2)15(3)21-22-19/h4-7H,8-12H2,1-3H3,(H2,20,25). The van der Waals surface area contributed by atoms with Crippen LogP contribution in [-0.4, -0.2) is 47.2 Å². The van der Waals surface area contributed by atoms with Gasteiger partial charge in [-0.1, -0.05) is 29.8 Å². The molecular formula is C19H25N5O. The highest BCUT2D eigenvalue weighted by atomic mass is 16.1. The van der Waals surface area contributed by atoms with E-state index in [0.717, 1.165) is 44.0 Å². The lowest BCUT2D eigenvalue weighted by molar-refractivity contribution is 0.0999. The van der Waals surface area contributed by atoms with Gasteiger partial charge in [0.15, 0.2) is 5.82 Å². The Morgan fingerprint density at radius 1 is 1.04 bits per heavy atom. The van der Waals surface area contributed by atoms with Gasteiger partial charge in [-0.3, -0.25) is 9.69 Å². The minimum Gasteiger partial charge on any atom is -0.365 e. The van der Waals surface area contributed by atoms with Gasteiger partial charge in [0, 0.05) is 32.7 Å². The van der Waals surface area contributed by atoms with E-state index in [-0.39, 0.29) is 0 Å². The SMILES string of the molecule is Cc1ccc(CN2CCN(c3nnc(C)c(C)c3C(N)=O)CC2)cc1. The number of amides is 1. The smallest absolute Gasteiger partial charge is 0.252 e. The van der Waals surface area contributed by atoms with Gasteiger partial charge in [0.1, 0.15) is 0 Å². The highest BCUT2D eigenvalue weighted by Crippen LogP contribution is 2.23. The first-order chi connectivity index (χ1) is 12.0. The van der Waals surface area contributed by atoms with E-state index < -0.39 is 5.91 Å². The highest BCUT2D eigenvalue weighted by molar-refractivity contribution is 5.99. The number of nitrogens with two attached hydrogens (primary N) is 1. The molecule has 3 rings (SSSR count). The third-order valence-electron chi connectivity index (χ3n) is 4.88. The number of nitrogens with zero attached hydrogens (tertiary/aromatic N) is 4. The molecule has 6 heteroatoms. The molecule has 0 aliphatic carbocycles. The maximum atomic E-state index is 11.9. The molecule has 1 aliphatic rings. The largest absolute Gasteiger partial charge is 0.365 e. The quantitative estimate of drug-likeness (QED) is 0.920. The van der Waals surface area contributed by atoms with E-state index in [1.807, 2.05) is 13.8 Å². The molecule has 0 bridgehead atoms. The Labute approximate surface area is 148 Å². The fourth-order valence-corrected chi connectivity index (χ4v) is 3.18. The van der Waals surface area contributed by atoms with Crippen LogP contribution in [0.5, 0.6) is 0 Å². The molecule has 1 amide bonds. The molecular weight excluding hydrogens is 314 g/mol. The van der Waals surface area contributed by atoms with Crippen LogP contribution in [0.25, 0.3) is 0 Å². The lowest BCUT2D eigenvalue weighted by atomic mass is 10.1. The number of hydrogen-bond donors (Lipinski definition) is 1. The number of benzene rings is 1. The van der Waals surface area contributed by atoms with Crippen molar-refractivity contribution in [2.75, 3.05) is 31.1 Å². The summed E-state index contributed by atoms with van der Waals surface area (Å²) in [5.74, 6) is 0.179. The zero-order valence-corrected chi connectivity index (χ0v) is 15.1. The summed E-state index contributed by atoms with van der Waals surface area (Å²) in [6.07, 6.45) is 0. The van der Waals surface area contributed by atoms with Crippen LogP contribution in [0.1, 0.15) is 32.7 Å². The van der Waals surface area contributed by atoms with E-state index in [1.165, 1.54) is 11.1 Å². The van der Waals surface area contributed by atoms with Gasteiger partial charge >= 0.3 is 0 Å². The van der Waals surface area contributed by atoms with E-state index >= 15 is 0 Å². The Morgan fingerprint density at radius 3 is 2.28 bits per heavy atom. The van der Waals surface area contributed by atoms with Crippen LogP contribution in [0.3, 0.4) is 0 Å². The van der Waals surface area contributed by atoms with Crippen molar-refractivity contribution in [1.82, 2.24) is 15.1 Å². The lowest BCUT2D eigenvalue weighted by Crippen LogP contribution is -2.47. The molecule has 25 heavy (non-hydrogen) atoms. The molecule has 0 atom stereocenters. The second-order valence-corrected chi connectivity index (χ2v) is 6.72. The second kappa shape index (κ2) is 7.19. The summed E-state index contributed by atoms with van der Waals surface area (Å²) in [4.78, 5) is 16.4. The fourth-order valence-electron chi connectivity index (χ4n) is 3.18. The molecule has 2 N–H and O–H groups in total. The van der Waals surface area contributed by atoms with Crippen LogP contribution in [0.4, 0.5) is 5.82 Å². The molecule has 1 aromatic heterocycles. The normalized spacial score (nSPS) is 15.4. The van der Waals surface area contributed by atoms with Crippen molar-refractivity contribution < 1.29 is 4.79 Å². The average Bonchev–Trinajstić information content (AvgIpc) is 2.59. The molecule has 132 valence electrons. The van der Waals surface area contributed by atoms with E-state index in [1.54, 1.807) is 0 Å². The van der Waals surface area contributed by atoms with Gasteiger partial charge in [-0.05, 0) is 31.9 Å². The monoisotopic (exact) mass is 339 g/mol. The van der Waals surface area contributed by atoms with Crippen molar-refractivity contribution in [2.45, 2.75) is 27.3 Å². The first kappa shape index (κ1) is 17.4. The molecule has 6 nitrogen and oxygen atoms in total. The highest BCUT2D eigenvalue weighted by Gasteiger charge is 2.24. The lowest BCUT2D eigenvalue weighted by Gasteiger charge is -2.36. The third-order valence-corrected chi connectivity index (χ3v) is 4.88. The third kappa shape index (κ3) is 3.79. The first-order valence-electron chi connectivity index (χ1n) is 8.62. The second-order valence-electron chi connectivity index (χ2n) is 6.72. The number of piperazine rings is 1. The molecule has 1 fully saturated rings. The van der Waals surface area contributed by atoms with Crippen molar-refractivity contribution in [1.29, 1.82) is 0 Å². The van der Waals surface area contributed by atoms with E-state index in [0.29, 0.717) is 11.4 Å². The summed E-state index contributed by atoms with van der Waals surface area (Å²) in [7, 11) is 0. The van der Waals surface area contributed by atoms with Gasteiger partial charge in [-0.25, -0.2) is 0 Å². The molecule has 1 aromatic carbocycles. The number of rotatable bonds is 4. The summed E-state index contributed by atoms with van der Waals surface area (Å²) in [6.45, 7) is 10.2. The predicted molar refractivity (Wildman–Crippen MR) is 98.7 cm³/mol. The van der Waals surface area contributed by atoms with Crippen LogP contribution >= 0.6 is 0 Å². The van der Waals surface area contributed by atoms with Crippen LogP contribution in [0.2, 0.25) is 0 Å². The number of primary amides is 1. The summed E-state index contributed by atoms with van der Waals surface area (Å²) < 4.78 is 0. The van der Waals surface area contributed by atoms with Gasteiger partial charge in [-0.15, -0.1) is 5.10 Å². The van der Waals surface area contributed by atoms with Crippen molar-refractivity contribution in [3.63, 3.8) is 0 Å². The minimum absolute atomic E-state index is 0.437. The number of hydrogen-bond acceptors (Lipinski definition) is 5. The predicted octanol–water partition coefficient (Wildman–Crippen LogP) is 1.82. The molecule has 0 radical (unpaired) electrons. The maximum absolute atomic E-state index is 11.9. The molecule has 0 unspecified atom stereocenters. The molecule has 0 spiro atoms. The van der Waals surface area contributed by atoms with Crippen LogP contribution < -0.4 is 10.6 Å². The van der Waals surface area contributed by atoms with Crippen molar-refractivity contribution in [2.24, 2.45) is 5.73 Å². The van der Waals surface area contributed by atoms with Crippen molar-refractivity contribution >= 4 is 11.7 Å². The first-order valence-corrected chi connectivity index (χ1v) is 8.62. The Balaban J connectivity index is 1.69. The van der Waals surface area contributed by atoms with E-state index in [4.69, 9.17) is 5.73 Å². The number of aryl methyl sites for hydroxylation is 2. The number of carbonyl (C=O) groups excluding carboxylic acids is 1. The van der Waals surface area contributed by atoms with Crippen molar-refractivity contribution in [3.8, 4) is 0 Å². The van der Waals surface area contributed by atoms with Gasteiger partial charge in [-0.2, -0.15) is 5.10 Å². The maximum Gasteiger partial charge on any atom is 0.252 e. The van der Waals surface area contributed by atoms with E-state index in [2.05, 4.69) is 51.2 Å². The Hall–Kier alpha value is -2.47. The number of aromatic nitrogens is 2. The molecule has 1 saturated heterocycles. The van der Waals surface area contributed by atoms with Crippen LogP contribution in [-0.2, 0) is 6.54 Å². The Kier molecular flexibility index (Phi) is 4.99. The van der Waals surface area contributed by atoms with Crippen LogP contribution in [0.15, 0.2) is 24.3 Å². The topological polar surface area (TPSA) is 75.3 Å². The van der Waals surface area contributed by atoms with Gasteiger partial charge < -0.3 is 10.6 Å². The zero-order valence-electron chi connectivity index (χ0n) is 15.1. The molecule has 2 aromatic rings. The van der Waals surface area contributed by atoms with Crippen molar-refractivity contribution in [3.05, 3.63) is 52.2 Å². The van der Waals surface area contributed by atoms with Gasteiger partial charge in [0.25, 0.3) is 5.91 Å².